The van der Waals surface area contributed by atoms with Crippen molar-refractivity contribution in [1.82, 2.24) is 14.5 Å². The number of carbonyl (C=O) groups excluding carboxylic acids is 2. The van der Waals surface area contributed by atoms with Gasteiger partial charge in [-0.2, -0.15) is 13.2 Å². The average molecular weight is 490 g/mol. The molecule has 1 aromatic carbocycles. The molecule has 11 heteroatoms. The lowest BCUT2D eigenvalue weighted by atomic mass is 9.82. The SMILES string of the molecule is COC(=O)c1cc2nc(C3CCC(CO)CC3)n(C)c2cc1NC(=O)c1cccc(C(F)(F)F)n1. The van der Waals surface area contributed by atoms with E-state index in [2.05, 4.69) is 10.3 Å². The Morgan fingerprint density at radius 3 is 2.51 bits per heavy atom. The van der Waals surface area contributed by atoms with Crippen molar-refractivity contribution in [2.75, 3.05) is 19.0 Å². The Balaban J connectivity index is 1.70. The molecule has 4 rings (SSSR count). The van der Waals surface area contributed by atoms with E-state index in [-0.39, 0.29) is 29.7 Å². The quantitative estimate of drug-likeness (QED) is 0.517. The Morgan fingerprint density at radius 2 is 1.89 bits per heavy atom. The number of pyridine rings is 1. The number of fused-ring (bicyclic) bond motifs is 1. The van der Waals surface area contributed by atoms with Gasteiger partial charge in [-0.05, 0) is 55.9 Å². The predicted molar refractivity (Wildman–Crippen MR) is 121 cm³/mol. The van der Waals surface area contributed by atoms with Gasteiger partial charge < -0.3 is 19.7 Å². The summed E-state index contributed by atoms with van der Waals surface area (Å²) >= 11 is 0. The Bertz CT molecular complexity index is 1260. The van der Waals surface area contributed by atoms with Crippen LogP contribution in [-0.4, -0.2) is 45.2 Å². The van der Waals surface area contributed by atoms with Gasteiger partial charge in [0.25, 0.3) is 5.91 Å². The van der Waals surface area contributed by atoms with Crippen molar-refractivity contribution in [3.05, 3.63) is 53.1 Å². The molecule has 1 aliphatic carbocycles. The number of aryl methyl sites for hydroxylation is 1. The molecule has 0 unspecified atom stereocenters. The zero-order valence-electron chi connectivity index (χ0n) is 19.2. The molecular weight excluding hydrogens is 465 g/mol. The smallest absolute Gasteiger partial charge is 0.433 e. The number of alkyl halides is 3. The number of aromatic nitrogens is 3. The molecule has 186 valence electrons. The molecule has 2 aromatic heterocycles. The maximum Gasteiger partial charge on any atom is 0.433 e. The van der Waals surface area contributed by atoms with Crippen LogP contribution in [0.4, 0.5) is 18.9 Å². The summed E-state index contributed by atoms with van der Waals surface area (Å²) < 4.78 is 45.8. The first kappa shape index (κ1) is 24.6. The molecule has 0 saturated heterocycles. The first-order valence-electron chi connectivity index (χ1n) is 11.2. The monoisotopic (exact) mass is 490 g/mol. The molecular formula is C24H25F3N4O4. The van der Waals surface area contributed by atoms with Gasteiger partial charge in [-0.3, -0.25) is 4.79 Å². The largest absolute Gasteiger partial charge is 0.465 e. The van der Waals surface area contributed by atoms with Crippen molar-refractivity contribution in [2.24, 2.45) is 13.0 Å². The number of imidazole rings is 1. The first-order valence-corrected chi connectivity index (χ1v) is 11.2. The highest BCUT2D eigenvalue weighted by Crippen LogP contribution is 2.37. The number of benzene rings is 1. The number of hydrogen-bond acceptors (Lipinski definition) is 6. The van der Waals surface area contributed by atoms with Crippen LogP contribution in [0.3, 0.4) is 0 Å². The summed E-state index contributed by atoms with van der Waals surface area (Å²) in [4.78, 5) is 33.3. The zero-order chi connectivity index (χ0) is 25.3. The van der Waals surface area contributed by atoms with E-state index in [1.165, 1.54) is 13.2 Å². The second-order valence-corrected chi connectivity index (χ2v) is 8.67. The molecule has 0 atom stereocenters. The van der Waals surface area contributed by atoms with Gasteiger partial charge in [-0.1, -0.05) is 6.07 Å². The number of methoxy groups -OCH3 is 1. The number of carbonyl (C=O) groups is 2. The van der Waals surface area contributed by atoms with Gasteiger partial charge >= 0.3 is 12.1 Å². The lowest BCUT2D eigenvalue weighted by molar-refractivity contribution is -0.141. The Hall–Kier alpha value is -3.47. The van der Waals surface area contributed by atoms with Crippen LogP contribution < -0.4 is 5.32 Å². The predicted octanol–water partition coefficient (Wildman–Crippen LogP) is 4.29. The van der Waals surface area contributed by atoms with E-state index in [0.717, 1.165) is 49.7 Å². The molecule has 0 bridgehead atoms. The fraction of sp³-hybridized carbons (Fsp3) is 0.417. The molecule has 1 fully saturated rings. The molecule has 1 saturated carbocycles. The molecule has 1 aliphatic rings. The number of amides is 1. The van der Waals surface area contributed by atoms with Crippen molar-refractivity contribution in [1.29, 1.82) is 0 Å². The van der Waals surface area contributed by atoms with Gasteiger partial charge in [-0.15, -0.1) is 0 Å². The fourth-order valence-electron chi connectivity index (χ4n) is 4.51. The maximum atomic E-state index is 13.0. The second-order valence-electron chi connectivity index (χ2n) is 8.67. The third kappa shape index (κ3) is 5.00. The van der Waals surface area contributed by atoms with Crippen LogP contribution in [0.25, 0.3) is 11.0 Å². The van der Waals surface area contributed by atoms with Crippen LogP contribution >= 0.6 is 0 Å². The zero-order valence-corrected chi connectivity index (χ0v) is 19.2. The normalized spacial score (nSPS) is 18.5. The van der Waals surface area contributed by atoms with Crippen molar-refractivity contribution in [2.45, 2.75) is 37.8 Å². The molecule has 2 heterocycles. The van der Waals surface area contributed by atoms with Gasteiger partial charge in [0.2, 0.25) is 0 Å². The number of rotatable bonds is 5. The van der Waals surface area contributed by atoms with E-state index >= 15 is 0 Å². The van der Waals surface area contributed by atoms with Crippen molar-refractivity contribution < 1.29 is 32.6 Å². The molecule has 3 aromatic rings. The van der Waals surface area contributed by atoms with E-state index in [4.69, 9.17) is 9.72 Å². The van der Waals surface area contributed by atoms with Crippen LogP contribution in [0, 0.1) is 5.92 Å². The first-order chi connectivity index (χ1) is 16.6. The van der Waals surface area contributed by atoms with Crippen LogP contribution in [0.5, 0.6) is 0 Å². The van der Waals surface area contributed by atoms with Crippen LogP contribution in [0.2, 0.25) is 0 Å². The van der Waals surface area contributed by atoms with Gasteiger partial charge in [0.15, 0.2) is 0 Å². The van der Waals surface area contributed by atoms with E-state index in [9.17, 15) is 27.9 Å². The summed E-state index contributed by atoms with van der Waals surface area (Å²) in [6, 6.07) is 6.08. The number of hydrogen-bond donors (Lipinski definition) is 2. The topological polar surface area (TPSA) is 106 Å². The summed E-state index contributed by atoms with van der Waals surface area (Å²) in [5, 5.41) is 11.9. The second kappa shape index (κ2) is 9.65. The van der Waals surface area contributed by atoms with Gasteiger partial charge in [0, 0.05) is 19.6 Å². The number of nitrogens with zero attached hydrogens (tertiary/aromatic N) is 3. The molecule has 1 amide bonds. The van der Waals surface area contributed by atoms with Gasteiger partial charge in [0.05, 0.1) is 29.4 Å². The van der Waals surface area contributed by atoms with Crippen molar-refractivity contribution in [3.8, 4) is 0 Å². The number of anilines is 1. The maximum absolute atomic E-state index is 13.0. The molecule has 8 nitrogen and oxygen atoms in total. The Labute approximate surface area is 199 Å². The van der Waals surface area contributed by atoms with E-state index in [0.29, 0.717) is 11.0 Å². The van der Waals surface area contributed by atoms with Crippen LogP contribution in [-0.2, 0) is 18.0 Å². The summed E-state index contributed by atoms with van der Waals surface area (Å²) in [6.45, 7) is 0.168. The van der Waals surface area contributed by atoms with Crippen LogP contribution in [0.1, 0.15) is 64.0 Å². The van der Waals surface area contributed by atoms with E-state index in [1.54, 1.807) is 6.07 Å². The molecule has 2 N–H and O–H groups in total. The number of ether oxygens (including phenoxy) is 1. The molecule has 0 radical (unpaired) electrons. The summed E-state index contributed by atoms with van der Waals surface area (Å²) in [5.41, 5.74) is -0.365. The molecule has 0 spiro atoms. The number of nitrogens with one attached hydrogen (secondary N) is 1. The minimum absolute atomic E-state index is 0.0222. The summed E-state index contributed by atoms with van der Waals surface area (Å²) in [7, 11) is 3.02. The van der Waals surface area contributed by atoms with Gasteiger partial charge in [0.1, 0.15) is 17.2 Å². The molecule has 0 aliphatic heterocycles. The lowest BCUT2D eigenvalue weighted by Gasteiger charge is -2.26. The highest BCUT2D eigenvalue weighted by atomic mass is 19.4. The number of aliphatic hydroxyl groups excluding tert-OH is 1. The fourth-order valence-corrected chi connectivity index (χ4v) is 4.51. The highest BCUT2D eigenvalue weighted by molar-refractivity contribution is 6.09. The highest BCUT2D eigenvalue weighted by Gasteiger charge is 2.33. The van der Waals surface area contributed by atoms with Crippen molar-refractivity contribution >= 4 is 28.6 Å². The Kier molecular flexibility index (Phi) is 6.79. The van der Waals surface area contributed by atoms with Crippen molar-refractivity contribution in [3.63, 3.8) is 0 Å². The molecule has 35 heavy (non-hydrogen) atoms. The van der Waals surface area contributed by atoms with E-state index < -0.39 is 29.4 Å². The number of halogens is 3. The lowest BCUT2D eigenvalue weighted by Crippen LogP contribution is -2.19. The minimum Gasteiger partial charge on any atom is -0.465 e. The van der Waals surface area contributed by atoms with E-state index in [1.807, 2.05) is 11.6 Å². The summed E-state index contributed by atoms with van der Waals surface area (Å²) in [5.74, 6) is -0.322. The average Bonchev–Trinajstić information content (AvgIpc) is 3.18. The summed E-state index contributed by atoms with van der Waals surface area (Å²) in [6.07, 6.45) is -1.17. The number of esters is 1. The third-order valence-corrected chi connectivity index (χ3v) is 6.45. The minimum atomic E-state index is -4.70. The Morgan fingerprint density at radius 1 is 1.17 bits per heavy atom. The number of aliphatic hydroxyl groups is 1. The third-order valence-electron chi connectivity index (χ3n) is 6.45. The van der Waals surface area contributed by atoms with Crippen LogP contribution in [0.15, 0.2) is 30.3 Å². The standard InChI is InChI=1S/C24H25F3N4O4/c1-31-19-11-17(30-22(33)16-4-3-5-20(28-16)24(25,26)27)15(23(34)35-2)10-18(19)29-21(31)14-8-6-13(12-32)7-9-14/h3-5,10-11,13-14,32H,6-9,12H2,1-2H3,(H,30,33). The van der Waals surface area contributed by atoms with Gasteiger partial charge in [-0.25, -0.2) is 14.8 Å².